The zero-order valence-corrected chi connectivity index (χ0v) is 12.1. The Morgan fingerprint density at radius 3 is 2.50 bits per heavy atom. The first kappa shape index (κ1) is 12.9. The molecule has 0 saturated carbocycles. The molecule has 1 nitrogen and oxygen atoms in total. The lowest BCUT2D eigenvalue weighted by atomic mass is 10.1. The third-order valence-corrected chi connectivity index (χ3v) is 4.00. The molecule has 0 spiro atoms. The molecule has 2 aromatic carbocycles. The minimum atomic E-state index is 1.03. The summed E-state index contributed by atoms with van der Waals surface area (Å²) in [7, 11) is 0. The number of benzene rings is 2. The zero-order chi connectivity index (χ0) is 13.8. The van der Waals surface area contributed by atoms with Gasteiger partial charge in [-0.05, 0) is 41.6 Å². The molecule has 0 unspecified atom stereocenters. The highest BCUT2D eigenvalue weighted by atomic mass is 32.2. The molecule has 0 bridgehead atoms. The van der Waals surface area contributed by atoms with Crippen LogP contribution < -0.4 is 0 Å². The van der Waals surface area contributed by atoms with Gasteiger partial charge >= 0.3 is 0 Å². The average molecular weight is 277 g/mol. The summed E-state index contributed by atoms with van der Waals surface area (Å²) in [4.78, 5) is 5.67. The van der Waals surface area contributed by atoms with Crippen LogP contribution in [0.1, 0.15) is 11.1 Å². The second-order valence-corrected chi connectivity index (χ2v) is 5.40. The van der Waals surface area contributed by atoms with Gasteiger partial charge in [0.05, 0.1) is 5.52 Å². The van der Waals surface area contributed by atoms with E-state index in [0.717, 1.165) is 5.52 Å². The van der Waals surface area contributed by atoms with E-state index in [-0.39, 0.29) is 0 Å². The Morgan fingerprint density at radius 1 is 0.900 bits per heavy atom. The molecule has 0 aliphatic heterocycles. The van der Waals surface area contributed by atoms with Gasteiger partial charge in [-0.1, -0.05) is 42.5 Å². The monoisotopic (exact) mass is 277 g/mol. The highest BCUT2D eigenvalue weighted by Gasteiger charge is 1.97. The molecule has 0 amide bonds. The molecular weight excluding hydrogens is 262 g/mol. The molecule has 20 heavy (non-hydrogen) atoms. The summed E-state index contributed by atoms with van der Waals surface area (Å²) >= 11 is 1.76. The molecule has 0 radical (unpaired) electrons. The molecule has 0 saturated heterocycles. The number of hydrogen-bond acceptors (Lipinski definition) is 2. The molecule has 1 heterocycles. The Labute approximate surface area is 123 Å². The molecule has 0 N–H and O–H groups in total. The second kappa shape index (κ2) is 5.93. The lowest BCUT2D eigenvalue weighted by Gasteiger charge is -2.01. The summed E-state index contributed by atoms with van der Waals surface area (Å²) in [5.74, 6) is 0. The lowest BCUT2D eigenvalue weighted by Crippen LogP contribution is -1.81. The van der Waals surface area contributed by atoms with Gasteiger partial charge in [-0.2, -0.15) is 0 Å². The highest BCUT2D eigenvalue weighted by molar-refractivity contribution is 7.98. The zero-order valence-electron chi connectivity index (χ0n) is 11.3. The molecule has 98 valence electrons. The molecule has 0 aliphatic carbocycles. The van der Waals surface area contributed by atoms with Gasteiger partial charge in [0.1, 0.15) is 0 Å². The summed E-state index contributed by atoms with van der Waals surface area (Å²) in [6.45, 7) is 0. The van der Waals surface area contributed by atoms with E-state index in [4.69, 9.17) is 0 Å². The van der Waals surface area contributed by atoms with Crippen LogP contribution in [0, 0.1) is 0 Å². The van der Waals surface area contributed by atoms with Crippen LogP contribution in [0.5, 0.6) is 0 Å². The van der Waals surface area contributed by atoms with Crippen LogP contribution in [0.15, 0.2) is 65.7 Å². The van der Waals surface area contributed by atoms with Crippen LogP contribution in [0.4, 0.5) is 0 Å². The first-order valence-electron chi connectivity index (χ1n) is 6.53. The van der Waals surface area contributed by atoms with Crippen molar-refractivity contribution in [2.75, 3.05) is 6.26 Å². The summed E-state index contributed by atoms with van der Waals surface area (Å²) in [6.07, 6.45) is 8.25. The molecule has 0 fully saturated rings. The van der Waals surface area contributed by atoms with Crippen LogP contribution in [-0.2, 0) is 0 Å². The summed E-state index contributed by atoms with van der Waals surface area (Å²) in [6, 6.07) is 18.9. The summed E-state index contributed by atoms with van der Waals surface area (Å²) < 4.78 is 0. The van der Waals surface area contributed by atoms with Gasteiger partial charge in [0.25, 0.3) is 0 Å². The van der Waals surface area contributed by atoms with E-state index in [1.165, 1.54) is 21.4 Å². The van der Waals surface area contributed by atoms with Gasteiger partial charge in [0.2, 0.25) is 0 Å². The van der Waals surface area contributed by atoms with Crippen molar-refractivity contribution < 1.29 is 0 Å². The van der Waals surface area contributed by atoms with E-state index < -0.39 is 0 Å². The van der Waals surface area contributed by atoms with E-state index in [1.807, 2.05) is 18.3 Å². The van der Waals surface area contributed by atoms with Gasteiger partial charge in [-0.3, -0.25) is 4.98 Å². The van der Waals surface area contributed by atoms with Crippen molar-refractivity contribution in [1.29, 1.82) is 0 Å². The van der Waals surface area contributed by atoms with Crippen molar-refractivity contribution >= 4 is 34.8 Å². The highest BCUT2D eigenvalue weighted by Crippen LogP contribution is 2.20. The van der Waals surface area contributed by atoms with Gasteiger partial charge in [-0.25, -0.2) is 0 Å². The smallest absolute Gasteiger partial charge is 0.0707 e. The Hall–Kier alpha value is -2.06. The Kier molecular flexibility index (Phi) is 3.84. The van der Waals surface area contributed by atoms with Crippen LogP contribution in [0.3, 0.4) is 0 Å². The Balaban J connectivity index is 1.93. The average Bonchev–Trinajstić information content (AvgIpc) is 2.53. The van der Waals surface area contributed by atoms with Crippen molar-refractivity contribution in [2.24, 2.45) is 0 Å². The fourth-order valence-corrected chi connectivity index (χ4v) is 2.57. The Bertz CT molecular complexity index is 739. The minimum Gasteiger partial charge on any atom is -0.256 e. The topological polar surface area (TPSA) is 12.9 Å². The van der Waals surface area contributed by atoms with Crippen molar-refractivity contribution in [1.82, 2.24) is 4.98 Å². The minimum absolute atomic E-state index is 1.03. The van der Waals surface area contributed by atoms with Gasteiger partial charge < -0.3 is 0 Å². The number of rotatable bonds is 3. The number of thioether (sulfide) groups is 1. The number of nitrogens with zero attached hydrogens (tertiary/aromatic N) is 1. The molecule has 0 atom stereocenters. The predicted molar refractivity (Wildman–Crippen MR) is 88.9 cm³/mol. The standard InChI is InChI=1S/C18H15NS/c1-20-16-10-7-14(8-11-16)6-9-15-12-13-19-18-5-3-2-4-17(15)18/h2-13H,1H3/b9-6+. The van der Waals surface area contributed by atoms with Gasteiger partial charge in [0, 0.05) is 16.5 Å². The second-order valence-electron chi connectivity index (χ2n) is 4.52. The number of para-hydroxylation sites is 1. The predicted octanol–water partition coefficient (Wildman–Crippen LogP) is 5.13. The van der Waals surface area contributed by atoms with E-state index in [0.29, 0.717) is 0 Å². The maximum absolute atomic E-state index is 4.38. The van der Waals surface area contributed by atoms with Crippen molar-refractivity contribution in [2.45, 2.75) is 4.90 Å². The lowest BCUT2D eigenvalue weighted by molar-refractivity contribution is 1.41. The van der Waals surface area contributed by atoms with Gasteiger partial charge in [-0.15, -0.1) is 11.8 Å². The van der Waals surface area contributed by atoms with E-state index in [2.05, 4.69) is 65.9 Å². The maximum atomic E-state index is 4.38. The number of aromatic nitrogens is 1. The quantitative estimate of drug-likeness (QED) is 0.616. The van der Waals surface area contributed by atoms with Crippen molar-refractivity contribution in [3.8, 4) is 0 Å². The van der Waals surface area contributed by atoms with E-state index >= 15 is 0 Å². The fraction of sp³-hybridized carbons (Fsp3) is 0.0556. The Morgan fingerprint density at radius 2 is 1.70 bits per heavy atom. The maximum Gasteiger partial charge on any atom is 0.0707 e. The number of hydrogen-bond donors (Lipinski definition) is 0. The fourth-order valence-electron chi connectivity index (χ4n) is 2.16. The largest absolute Gasteiger partial charge is 0.256 e. The van der Waals surface area contributed by atoms with Gasteiger partial charge in [0.15, 0.2) is 0 Å². The summed E-state index contributed by atoms with van der Waals surface area (Å²) in [5, 5.41) is 1.19. The van der Waals surface area contributed by atoms with E-state index in [1.54, 1.807) is 11.8 Å². The number of pyridine rings is 1. The van der Waals surface area contributed by atoms with Crippen molar-refractivity contribution in [3.63, 3.8) is 0 Å². The number of fused-ring (bicyclic) bond motifs is 1. The molecule has 1 aromatic heterocycles. The molecular formula is C18H15NS. The van der Waals surface area contributed by atoms with Crippen LogP contribution in [0.2, 0.25) is 0 Å². The first-order valence-corrected chi connectivity index (χ1v) is 7.75. The van der Waals surface area contributed by atoms with Crippen LogP contribution >= 0.6 is 11.8 Å². The summed E-state index contributed by atoms with van der Waals surface area (Å²) in [5.41, 5.74) is 3.45. The SMILES string of the molecule is CSc1ccc(/C=C/c2ccnc3ccccc23)cc1. The van der Waals surface area contributed by atoms with Crippen LogP contribution in [0.25, 0.3) is 23.1 Å². The van der Waals surface area contributed by atoms with Crippen molar-refractivity contribution in [3.05, 3.63) is 71.9 Å². The van der Waals surface area contributed by atoms with E-state index in [9.17, 15) is 0 Å². The third kappa shape index (κ3) is 2.75. The molecule has 0 aliphatic rings. The first-order chi connectivity index (χ1) is 9.86. The molecule has 3 rings (SSSR count). The van der Waals surface area contributed by atoms with Crippen LogP contribution in [-0.4, -0.2) is 11.2 Å². The molecule has 3 aromatic rings. The third-order valence-electron chi connectivity index (χ3n) is 3.25. The molecule has 2 heteroatoms. The normalized spacial score (nSPS) is 11.2.